The molecule has 0 bridgehead atoms. The molecule has 0 aromatic carbocycles. The van der Waals surface area contributed by atoms with E-state index < -0.39 is 0 Å². The Morgan fingerprint density at radius 3 is 3.18 bits per heavy atom. The maximum atomic E-state index is 11.1. The first-order valence-electron chi connectivity index (χ1n) is 3.91. The van der Waals surface area contributed by atoms with E-state index in [0.717, 1.165) is 13.1 Å². The molecule has 0 aromatic rings. The Labute approximate surface area is 66.5 Å². The van der Waals surface area contributed by atoms with Gasteiger partial charge in [0.2, 0.25) is 5.91 Å². The summed E-state index contributed by atoms with van der Waals surface area (Å²) in [4.78, 5) is 12.8. The van der Waals surface area contributed by atoms with E-state index in [1.165, 1.54) is 0 Å². The van der Waals surface area contributed by atoms with Gasteiger partial charge in [-0.1, -0.05) is 0 Å². The molecule has 0 atom stereocenters. The highest BCUT2D eigenvalue weighted by atomic mass is 16.5. The molecule has 1 amide bonds. The summed E-state index contributed by atoms with van der Waals surface area (Å²) in [6.07, 6.45) is 0. The van der Waals surface area contributed by atoms with Crippen LogP contribution in [0.1, 0.15) is 6.92 Å². The predicted molar refractivity (Wildman–Crippen MR) is 41.1 cm³/mol. The number of nitrogens with zero attached hydrogens (tertiary/aromatic N) is 1. The molecule has 1 aliphatic heterocycles. The SMILES string of the molecule is CCOCN1CCNCC1=O. The van der Waals surface area contributed by atoms with E-state index in [2.05, 4.69) is 5.32 Å². The molecule has 1 aliphatic rings. The number of carbonyl (C=O) groups is 1. The quantitative estimate of drug-likeness (QED) is 0.597. The minimum absolute atomic E-state index is 0.129. The highest BCUT2D eigenvalue weighted by molar-refractivity contribution is 5.78. The van der Waals surface area contributed by atoms with Gasteiger partial charge in [-0.25, -0.2) is 0 Å². The van der Waals surface area contributed by atoms with E-state index in [-0.39, 0.29) is 5.91 Å². The third-order valence-corrected chi connectivity index (χ3v) is 1.64. The van der Waals surface area contributed by atoms with Crippen LogP contribution in [0, 0.1) is 0 Å². The number of ether oxygens (including phenoxy) is 1. The molecular weight excluding hydrogens is 144 g/mol. The molecule has 1 saturated heterocycles. The number of carbonyl (C=O) groups excluding carboxylic acids is 1. The Morgan fingerprint density at radius 2 is 2.55 bits per heavy atom. The lowest BCUT2D eigenvalue weighted by atomic mass is 10.4. The third-order valence-electron chi connectivity index (χ3n) is 1.64. The van der Waals surface area contributed by atoms with Crippen molar-refractivity contribution in [2.45, 2.75) is 6.92 Å². The van der Waals surface area contributed by atoms with Gasteiger partial charge in [-0.15, -0.1) is 0 Å². The molecule has 0 aliphatic carbocycles. The van der Waals surface area contributed by atoms with Gasteiger partial charge in [0.25, 0.3) is 0 Å². The topological polar surface area (TPSA) is 41.6 Å². The molecule has 1 heterocycles. The molecule has 0 spiro atoms. The van der Waals surface area contributed by atoms with Gasteiger partial charge >= 0.3 is 0 Å². The zero-order valence-corrected chi connectivity index (χ0v) is 6.80. The Hall–Kier alpha value is -0.610. The second kappa shape index (κ2) is 4.31. The fourth-order valence-corrected chi connectivity index (χ4v) is 0.984. The summed E-state index contributed by atoms with van der Waals surface area (Å²) in [6.45, 7) is 5.12. The van der Waals surface area contributed by atoms with Crippen molar-refractivity contribution >= 4 is 5.91 Å². The van der Waals surface area contributed by atoms with E-state index in [0.29, 0.717) is 19.9 Å². The van der Waals surface area contributed by atoms with Gasteiger partial charge in [-0.3, -0.25) is 4.79 Å². The van der Waals surface area contributed by atoms with E-state index in [1.54, 1.807) is 4.90 Å². The lowest BCUT2D eigenvalue weighted by Gasteiger charge is -2.26. The Morgan fingerprint density at radius 1 is 1.73 bits per heavy atom. The maximum Gasteiger partial charge on any atom is 0.238 e. The van der Waals surface area contributed by atoms with Crippen LogP contribution in [-0.2, 0) is 9.53 Å². The standard InChI is InChI=1S/C7H14N2O2/c1-2-11-6-9-4-3-8-5-7(9)10/h8H,2-6H2,1H3. The fourth-order valence-electron chi connectivity index (χ4n) is 0.984. The average molecular weight is 158 g/mol. The minimum atomic E-state index is 0.129. The first-order valence-corrected chi connectivity index (χ1v) is 3.91. The van der Waals surface area contributed by atoms with Crippen LogP contribution in [0.2, 0.25) is 0 Å². The average Bonchev–Trinajstić information content (AvgIpc) is 2.03. The smallest absolute Gasteiger partial charge is 0.238 e. The normalized spacial score (nSPS) is 19.0. The van der Waals surface area contributed by atoms with Crippen LogP contribution in [0.25, 0.3) is 0 Å². The van der Waals surface area contributed by atoms with Gasteiger partial charge in [0.05, 0.1) is 6.54 Å². The molecule has 0 aromatic heterocycles. The van der Waals surface area contributed by atoms with Crippen LogP contribution in [0.4, 0.5) is 0 Å². The van der Waals surface area contributed by atoms with Crippen LogP contribution >= 0.6 is 0 Å². The van der Waals surface area contributed by atoms with Crippen molar-refractivity contribution in [3.63, 3.8) is 0 Å². The number of nitrogens with one attached hydrogen (secondary N) is 1. The largest absolute Gasteiger partial charge is 0.361 e. The van der Waals surface area contributed by atoms with Crippen LogP contribution in [0.15, 0.2) is 0 Å². The van der Waals surface area contributed by atoms with Crippen molar-refractivity contribution < 1.29 is 9.53 Å². The second-order valence-corrected chi connectivity index (χ2v) is 2.46. The summed E-state index contributed by atoms with van der Waals surface area (Å²) in [6, 6.07) is 0. The van der Waals surface area contributed by atoms with E-state index in [4.69, 9.17) is 4.74 Å². The zero-order valence-electron chi connectivity index (χ0n) is 6.80. The van der Waals surface area contributed by atoms with Crippen LogP contribution in [0.3, 0.4) is 0 Å². The molecule has 0 unspecified atom stereocenters. The molecule has 11 heavy (non-hydrogen) atoms. The summed E-state index contributed by atoms with van der Waals surface area (Å²) >= 11 is 0. The highest BCUT2D eigenvalue weighted by Gasteiger charge is 2.16. The molecule has 1 rings (SSSR count). The Kier molecular flexibility index (Phi) is 3.32. The molecule has 1 fully saturated rings. The monoisotopic (exact) mass is 158 g/mol. The first kappa shape index (κ1) is 8.49. The number of piperazine rings is 1. The van der Waals surface area contributed by atoms with E-state index >= 15 is 0 Å². The molecular formula is C7H14N2O2. The number of rotatable bonds is 3. The summed E-state index contributed by atoms with van der Waals surface area (Å²) in [5, 5.41) is 2.99. The lowest BCUT2D eigenvalue weighted by molar-refractivity contribution is -0.137. The maximum absolute atomic E-state index is 11.1. The van der Waals surface area contributed by atoms with Crippen molar-refractivity contribution in [2.75, 3.05) is 33.0 Å². The van der Waals surface area contributed by atoms with E-state index in [1.807, 2.05) is 6.92 Å². The first-order chi connectivity index (χ1) is 5.34. The van der Waals surface area contributed by atoms with Crippen LogP contribution < -0.4 is 5.32 Å². The zero-order chi connectivity index (χ0) is 8.10. The van der Waals surface area contributed by atoms with Gasteiger partial charge in [0.15, 0.2) is 0 Å². The van der Waals surface area contributed by atoms with Crippen LogP contribution in [-0.4, -0.2) is 43.8 Å². The highest BCUT2D eigenvalue weighted by Crippen LogP contribution is 1.93. The summed E-state index contributed by atoms with van der Waals surface area (Å²) in [7, 11) is 0. The lowest BCUT2D eigenvalue weighted by Crippen LogP contribution is -2.48. The van der Waals surface area contributed by atoms with Gasteiger partial charge in [0, 0.05) is 19.7 Å². The number of amides is 1. The molecule has 4 heteroatoms. The number of hydrogen-bond donors (Lipinski definition) is 1. The molecule has 64 valence electrons. The van der Waals surface area contributed by atoms with Crippen molar-refractivity contribution in [2.24, 2.45) is 0 Å². The van der Waals surface area contributed by atoms with Crippen molar-refractivity contribution in [1.82, 2.24) is 10.2 Å². The second-order valence-electron chi connectivity index (χ2n) is 2.46. The van der Waals surface area contributed by atoms with Crippen molar-refractivity contribution in [3.05, 3.63) is 0 Å². The van der Waals surface area contributed by atoms with Gasteiger partial charge < -0.3 is 15.0 Å². The predicted octanol–water partition coefficient (Wildman–Crippen LogP) is -0.588. The fraction of sp³-hybridized carbons (Fsp3) is 0.857. The van der Waals surface area contributed by atoms with Crippen molar-refractivity contribution in [3.8, 4) is 0 Å². The Bertz CT molecular complexity index is 138. The van der Waals surface area contributed by atoms with Crippen LogP contribution in [0.5, 0.6) is 0 Å². The summed E-state index contributed by atoms with van der Waals surface area (Å²) < 4.78 is 5.12. The molecule has 4 nitrogen and oxygen atoms in total. The van der Waals surface area contributed by atoms with Gasteiger partial charge in [-0.2, -0.15) is 0 Å². The Balaban J connectivity index is 2.24. The van der Waals surface area contributed by atoms with Crippen molar-refractivity contribution in [1.29, 1.82) is 0 Å². The minimum Gasteiger partial charge on any atom is -0.361 e. The number of hydrogen-bond acceptors (Lipinski definition) is 3. The molecule has 1 N–H and O–H groups in total. The summed E-state index contributed by atoms with van der Waals surface area (Å²) in [5.74, 6) is 0.129. The molecule has 0 radical (unpaired) electrons. The van der Waals surface area contributed by atoms with Gasteiger partial charge in [0.1, 0.15) is 6.73 Å². The van der Waals surface area contributed by atoms with Gasteiger partial charge in [-0.05, 0) is 6.92 Å². The van der Waals surface area contributed by atoms with E-state index in [9.17, 15) is 4.79 Å². The summed E-state index contributed by atoms with van der Waals surface area (Å²) in [5.41, 5.74) is 0. The molecule has 0 saturated carbocycles. The third kappa shape index (κ3) is 2.48.